The van der Waals surface area contributed by atoms with Gasteiger partial charge in [0.05, 0.1) is 19.2 Å². The molecule has 0 bridgehead atoms. The fourth-order valence-corrected chi connectivity index (χ4v) is 2.89. The first kappa shape index (κ1) is 17.4. The number of carbonyl (C=O) groups excluding carboxylic acids is 1. The van der Waals surface area contributed by atoms with Gasteiger partial charge in [-0.15, -0.1) is 0 Å². The molecule has 0 N–H and O–H groups in total. The first-order valence-electron chi connectivity index (χ1n) is 8.63. The smallest absolute Gasteiger partial charge is 0.306 e. The Morgan fingerprint density at radius 3 is 2.80 bits per heavy atom. The van der Waals surface area contributed by atoms with Gasteiger partial charge in [0.2, 0.25) is 0 Å². The molecular weight excluding hydrogens is 321 g/mol. The van der Waals surface area contributed by atoms with Gasteiger partial charge < -0.3 is 9.15 Å². The Morgan fingerprint density at radius 1 is 1.28 bits per heavy atom. The number of hydrogen-bond donors (Lipinski definition) is 0. The van der Waals surface area contributed by atoms with Crippen LogP contribution in [0.4, 0.5) is 4.39 Å². The van der Waals surface area contributed by atoms with E-state index in [1.165, 1.54) is 12.1 Å². The van der Waals surface area contributed by atoms with Crippen LogP contribution in [0.2, 0.25) is 0 Å². The van der Waals surface area contributed by atoms with E-state index in [1.54, 1.807) is 18.3 Å². The number of aryl methyl sites for hydroxylation is 1. The molecule has 0 fully saturated rings. The molecule has 0 saturated heterocycles. The van der Waals surface area contributed by atoms with E-state index in [0.717, 1.165) is 18.4 Å². The second-order valence-corrected chi connectivity index (χ2v) is 6.49. The standard InChI is InChI=1S/C20H22FNO3/c1-14-4-2-3-5-16(14)13-24-20(23)11-10-19-22-12-18(25-19)15-6-8-17(21)9-7-15/h2-3,6-9,12,14,16H,4-5,10-11,13H2,1H3. The van der Waals surface area contributed by atoms with E-state index >= 15 is 0 Å². The van der Waals surface area contributed by atoms with E-state index in [4.69, 9.17) is 9.15 Å². The van der Waals surface area contributed by atoms with Gasteiger partial charge in [-0.05, 0) is 48.9 Å². The number of aromatic nitrogens is 1. The molecule has 2 unspecified atom stereocenters. The number of nitrogens with zero attached hydrogens (tertiary/aromatic N) is 1. The van der Waals surface area contributed by atoms with Crippen LogP contribution in [-0.4, -0.2) is 17.6 Å². The van der Waals surface area contributed by atoms with E-state index in [0.29, 0.717) is 36.5 Å². The van der Waals surface area contributed by atoms with Crippen molar-refractivity contribution in [2.45, 2.75) is 32.6 Å². The molecule has 1 aliphatic rings. The van der Waals surface area contributed by atoms with E-state index in [-0.39, 0.29) is 18.2 Å². The van der Waals surface area contributed by atoms with Gasteiger partial charge in [-0.25, -0.2) is 9.37 Å². The average molecular weight is 343 g/mol. The van der Waals surface area contributed by atoms with Crippen LogP contribution in [0.1, 0.15) is 32.1 Å². The minimum atomic E-state index is -0.297. The highest BCUT2D eigenvalue weighted by Crippen LogP contribution is 2.25. The third-order valence-electron chi connectivity index (χ3n) is 4.60. The summed E-state index contributed by atoms with van der Waals surface area (Å²) in [6, 6.07) is 6.01. The summed E-state index contributed by atoms with van der Waals surface area (Å²) in [4.78, 5) is 16.1. The Balaban J connectivity index is 1.46. The lowest BCUT2D eigenvalue weighted by Gasteiger charge is -2.24. The molecule has 0 amide bonds. The van der Waals surface area contributed by atoms with Crippen LogP contribution in [0, 0.1) is 17.7 Å². The Kier molecular flexibility index (Phi) is 5.64. The summed E-state index contributed by atoms with van der Waals surface area (Å²) in [5.41, 5.74) is 0.752. The molecule has 2 aromatic rings. The van der Waals surface area contributed by atoms with E-state index < -0.39 is 0 Å². The molecule has 0 saturated carbocycles. The van der Waals surface area contributed by atoms with E-state index in [2.05, 4.69) is 24.1 Å². The topological polar surface area (TPSA) is 52.3 Å². The van der Waals surface area contributed by atoms with Crippen molar-refractivity contribution in [3.8, 4) is 11.3 Å². The Bertz CT molecular complexity index is 736. The maximum Gasteiger partial charge on any atom is 0.306 e. The lowest BCUT2D eigenvalue weighted by Crippen LogP contribution is -2.21. The van der Waals surface area contributed by atoms with Crippen LogP contribution < -0.4 is 0 Å². The summed E-state index contributed by atoms with van der Waals surface area (Å²) in [5.74, 6) is 1.46. The highest BCUT2D eigenvalue weighted by atomic mass is 19.1. The van der Waals surface area contributed by atoms with Crippen molar-refractivity contribution in [3.05, 3.63) is 54.3 Å². The lowest BCUT2D eigenvalue weighted by molar-refractivity contribution is -0.145. The number of oxazole rings is 1. The van der Waals surface area contributed by atoms with Crippen molar-refractivity contribution in [3.63, 3.8) is 0 Å². The minimum absolute atomic E-state index is 0.233. The van der Waals surface area contributed by atoms with Crippen molar-refractivity contribution >= 4 is 5.97 Å². The van der Waals surface area contributed by atoms with Crippen molar-refractivity contribution in [2.24, 2.45) is 11.8 Å². The number of esters is 1. The zero-order valence-electron chi connectivity index (χ0n) is 14.3. The zero-order valence-corrected chi connectivity index (χ0v) is 14.3. The molecule has 1 heterocycles. The average Bonchev–Trinajstić information content (AvgIpc) is 3.09. The van der Waals surface area contributed by atoms with Crippen molar-refractivity contribution in [2.75, 3.05) is 6.61 Å². The van der Waals surface area contributed by atoms with Crippen LogP contribution in [0.5, 0.6) is 0 Å². The fourth-order valence-electron chi connectivity index (χ4n) is 2.89. The summed E-state index contributed by atoms with van der Waals surface area (Å²) < 4.78 is 24.0. The van der Waals surface area contributed by atoms with Crippen molar-refractivity contribution in [1.29, 1.82) is 0 Å². The Morgan fingerprint density at radius 2 is 2.04 bits per heavy atom. The molecule has 1 aliphatic carbocycles. The second-order valence-electron chi connectivity index (χ2n) is 6.49. The van der Waals surface area contributed by atoms with Crippen molar-refractivity contribution < 1.29 is 18.3 Å². The zero-order chi connectivity index (χ0) is 17.6. The molecular formula is C20H22FNO3. The van der Waals surface area contributed by atoms with E-state index in [1.807, 2.05) is 0 Å². The monoisotopic (exact) mass is 343 g/mol. The van der Waals surface area contributed by atoms with Crippen LogP contribution in [0.25, 0.3) is 11.3 Å². The number of benzene rings is 1. The third kappa shape index (κ3) is 4.78. The summed E-state index contributed by atoms with van der Waals surface area (Å²) >= 11 is 0. The SMILES string of the molecule is CC1CC=CCC1COC(=O)CCc1ncc(-c2ccc(F)cc2)o1. The number of rotatable bonds is 6. The maximum atomic E-state index is 12.9. The lowest BCUT2D eigenvalue weighted by atomic mass is 9.85. The van der Waals surface area contributed by atoms with Gasteiger partial charge in [0.1, 0.15) is 5.82 Å². The molecule has 0 aliphatic heterocycles. The van der Waals surface area contributed by atoms with Gasteiger partial charge in [0, 0.05) is 12.0 Å². The van der Waals surface area contributed by atoms with Gasteiger partial charge in [-0.1, -0.05) is 19.1 Å². The molecule has 0 radical (unpaired) electrons. The molecule has 132 valence electrons. The fraction of sp³-hybridized carbons (Fsp3) is 0.400. The number of halogens is 1. The van der Waals surface area contributed by atoms with Crippen LogP contribution in [0.3, 0.4) is 0 Å². The number of carbonyl (C=O) groups is 1. The first-order chi connectivity index (χ1) is 12.1. The Hall–Kier alpha value is -2.43. The van der Waals surface area contributed by atoms with Crippen LogP contribution >= 0.6 is 0 Å². The predicted molar refractivity (Wildman–Crippen MR) is 92.2 cm³/mol. The maximum absolute atomic E-state index is 12.9. The van der Waals surface area contributed by atoms with Crippen LogP contribution in [0.15, 0.2) is 47.0 Å². The summed E-state index contributed by atoms with van der Waals surface area (Å²) in [6.07, 6.45) is 8.57. The second kappa shape index (κ2) is 8.10. The van der Waals surface area contributed by atoms with Gasteiger partial charge in [0.15, 0.2) is 11.7 Å². The third-order valence-corrected chi connectivity index (χ3v) is 4.60. The van der Waals surface area contributed by atoms with Gasteiger partial charge in [0.25, 0.3) is 0 Å². The number of ether oxygens (including phenoxy) is 1. The van der Waals surface area contributed by atoms with Crippen LogP contribution in [-0.2, 0) is 16.0 Å². The van der Waals surface area contributed by atoms with Crippen molar-refractivity contribution in [1.82, 2.24) is 4.98 Å². The first-order valence-corrected chi connectivity index (χ1v) is 8.63. The van der Waals surface area contributed by atoms with Gasteiger partial charge in [-0.2, -0.15) is 0 Å². The molecule has 5 heteroatoms. The summed E-state index contributed by atoms with van der Waals surface area (Å²) in [7, 11) is 0. The van der Waals surface area contributed by atoms with Gasteiger partial charge >= 0.3 is 5.97 Å². The Labute approximate surface area is 146 Å². The molecule has 1 aromatic carbocycles. The molecule has 4 nitrogen and oxygen atoms in total. The van der Waals surface area contributed by atoms with E-state index in [9.17, 15) is 9.18 Å². The number of allylic oxidation sites excluding steroid dienone is 2. The summed E-state index contributed by atoms with van der Waals surface area (Å²) in [5, 5.41) is 0. The highest BCUT2D eigenvalue weighted by molar-refractivity contribution is 5.69. The molecule has 2 atom stereocenters. The molecule has 25 heavy (non-hydrogen) atoms. The molecule has 1 aromatic heterocycles. The summed E-state index contributed by atoms with van der Waals surface area (Å²) in [6.45, 7) is 2.66. The quantitative estimate of drug-likeness (QED) is 0.570. The molecule has 0 spiro atoms. The minimum Gasteiger partial charge on any atom is -0.465 e. The normalized spacial score (nSPS) is 19.8. The molecule has 3 rings (SSSR count). The number of hydrogen-bond acceptors (Lipinski definition) is 4. The highest BCUT2D eigenvalue weighted by Gasteiger charge is 2.20. The largest absolute Gasteiger partial charge is 0.465 e. The predicted octanol–water partition coefficient (Wildman–Crippen LogP) is 4.56. The van der Waals surface area contributed by atoms with Gasteiger partial charge in [-0.3, -0.25) is 4.79 Å².